The van der Waals surface area contributed by atoms with Crippen molar-refractivity contribution in [1.82, 2.24) is 4.98 Å². The lowest BCUT2D eigenvalue weighted by Crippen LogP contribution is -2.18. The Morgan fingerprint density at radius 1 is 1.16 bits per heavy atom. The van der Waals surface area contributed by atoms with E-state index >= 15 is 0 Å². The standard InChI is InChI=1S/C21H21NO3/c1-2-24-21(23)15-10-17-18-12-16(8-9-19(18)22-20(17)11-15)25-13-14-6-4-3-5-7-14/h3-9,12,15,22H,2,10-11,13H2,1H3. The van der Waals surface area contributed by atoms with Gasteiger partial charge in [0.1, 0.15) is 12.4 Å². The van der Waals surface area contributed by atoms with Gasteiger partial charge in [-0.3, -0.25) is 4.79 Å². The Morgan fingerprint density at radius 2 is 2.00 bits per heavy atom. The van der Waals surface area contributed by atoms with Gasteiger partial charge in [0, 0.05) is 23.0 Å². The Balaban J connectivity index is 1.53. The van der Waals surface area contributed by atoms with E-state index in [2.05, 4.69) is 23.2 Å². The fraction of sp³-hybridized carbons (Fsp3) is 0.286. The average Bonchev–Trinajstić information content (AvgIpc) is 3.19. The van der Waals surface area contributed by atoms with Crippen molar-refractivity contribution in [1.29, 1.82) is 0 Å². The van der Waals surface area contributed by atoms with Crippen LogP contribution in [0.5, 0.6) is 5.75 Å². The van der Waals surface area contributed by atoms with E-state index in [1.807, 2.05) is 37.3 Å². The van der Waals surface area contributed by atoms with Crippen LogP contribution in [0.1, 0.15) is 23.7 Å². The van der Waals surface area contributed by atoms with Gasteiger partial charge in [-0.25, -0.2) is 0 Å². The number of hydrogen-bond acceptors (Lipinski definition) is 3. The molecule has 4 rings (SSSR count). The first-order valence-electron chi connectivity index (χ1n) is 8.71. The summed E-state index contributed by atoms with van der Waals surface area (Å²) in [6, 6.07) is 16.2. The first kappa shape index (κ1) is 15.8. The quantitative estimate of drug-likeness (QED) is 0.716. The van der Waals surface area contributed by atoms with E-state index in [9.17, 15) is 4.79 Å². The molecule has 25 heavy (non-hydrogen) atoms. The minimum absolute atomic E-state index is 0.0699. The molecule has 1 aromatic heterocycles. The number of nitrogens with one attached hydrogen (secondary N) is 1. The molecule has 0 aliphatic heterocycles. The third-order valence-electron chi connectivity index (χ3n) is 4.74. The molecule has 2 aromatic carbocycles. The maximum Gasteiger partial charge on any atom is 0.309 e. The van der Waals surface area contributed by atoms with Crippen LogP contribution < -0.4 is 4.74 Å². The molecule has 1 aliphatic rings. The zero-order valence-electron chi connectivity index (χ0n) is 14.2. The number of rotatable bonds is 5. The number of carbonyl (C=O) groups excluding carboxylic acids is 1. The second-order valence-corrected chi connectivity index (χ2v) is 6.42. The molecule has 3 aromatic rings. The van der Waals surface area contributed by atoms with Crippen molar-refractivity contribution in [3.63, 3.8) is 0 Å². The Bertz CT molecular complexity index is 898. The normalized spacial score (nSPS) is 16.0. The van der Waals surface area contributed by atoms with Gasteiger partial charge >= 0.3 is 5.97 Å². The third-order valence-corrected chi connectivity index (χ3v) is 4.74. The van der Waals surface area contributed by atoms with Crippen molar-refractivity contribution in [2.24, 2.45) is 5.92 Å². The van der Waals surface area contributed by atoms with Crippen molar-refractivity contribution >= 4 is 16.9 Å². The highest BCUT2D eigenvalue weighted by Crippen LogP contribution is 2.35. The molecule has 0 saturated carbocycles. The van der Waals surface area contributed by atoms with Gasteiger partial charge in [-0.15, -0.1) is 0 Å². The zero-order chi connectivity index (χ0) is 17.2. The summed E-state index contributed by atoms with van der Waals surface area (Å²) in [6.45, 7) is 2.82. The molecule has 4 heteroatoms. The lowest BCUT2D eigenvalue weighted by molar-refractivity contribution is -0.147. The van der Waals surface area contributed by atoms with E-state index in [1.165, 1.54) is 5.56 Å². The molecule has 1 N–H and O–H groups in total. The van der Waals surface area contributed by atoms with Crippen LogP contribution in [-0.2, 0) is 29.0 Å². The number of benzene rings is 2. The zero-order valence-corrected chi connectivity index (χ0v) is 14.2. The first-order chi connectivity index (χ1) is 12.2. The van der Waals surface area contributed by atoms with Gasteiger partial charge in [-0.05, 0) is 42.7 Å². The lowest BCUT2D eigenvalue weighted by atomic mass is 10.1. The fourth-order valence-electron chi connectivity index (χ4n) is 3.51. The van der Waals surface area contributed by atoms with Crippen LogP contribution in [0.4, 0.5) is 0 Å². The summed E-state index contributed by atoms with van der Waals surface area (Å²) < 4.78 is 11.1. The number of hydrogen-bond donors (Lipinski definition) is 1. The van der Waals surface area contributed by atoms with Crippen LogP contribution in [0.25, 0.3) is 10.9 Å². The molecule has 0 bridgehead atoms. The number of H-pyrrole nitrogens is 1. The molecule has 0 spiro atoms. The number of fused-ring (bicyclic) bond motifs is 3. The Hall–Kier alpha value is -2.75. The third kappa shape index (κ3) is 3.12. The van der Waals surface area contributed by atoms with E-state index in [0.29, 0.717) is 13.2 Å². The maximum absolute atomic E-state index is 12.0. The van der Waals surface area contributed by atoms with Gasteiger partial charge in [0.05, 0.1) is 12.5 Å². The van der Waals surface area contributed by atoms with Crippen LogP contribution in [-0.4, -0.2) is 17.6 Å². The molecule has 1 aliphatic carbocycles. The van der Waals surface area contributed by atoms with E-state index in [-0.39, 0.29) is 11.9 Å². The first-order valence-corrected chi connectivity index (χ1v) is 8.71. The Labute approximate surface area is 146 Å². The van der Waals surface area contributed by atoms with Crippen molar-refractivity contribution in [2.75, 3.05) is 6.61 Å². The largest absolute Gasteiger partial charge is 0.489 e. The minimum atomic E-state index is -0.100. The second kappa shape index (κ2) is 6.63. The molecule has 1 heterocycles. The van der Waals surface area contributed by atoms with Crippen LogP contribution >= 0.6 is 0 Å². The Kier molecular flexibility index (Phi) is 4.18. The van der Waals surface area contributed by atoms with Gasteiger partial charge in [0.2, 0.25) is 0 Å². The van der Waals surface area contributed by atoms with Crippen molar-refractivity contribution in [3.05, 3.63) is 65.4 Å². The second-order valence-electron chi connectivity index (χ2n) is 6.42. The van der Waals surface area contributed by atoms with Gasteiger partial charge in [0.15, 0.2) is 0 Å². The smallest absolute Gasteiger partial charge is 0.309 e. The highest BCUT2D eigenvalue weighted by atomic mass is 16.5. The topological polar surface area (TPSA) is 51.3 Å². The van der Waals surface area contributed by atoms with E-state index < -0.39 is 0 Å². The van der Waals surface area contributed by atoms with Crippen LogP contribution in [0.2, 0.25) is 0 Å². The van der Waals surface area contributed by atoms with E-state index in [0.717, 1.165) is 40.8 Å². The lowest BCUT2D eigenvalue weighted by Gasteiger charge is -2.09. The molecular weight excluding hydrogens is 314 g/mol. The highest BCUT2D eigenvalue weighted by molar-refractivity contribution is 5.88. The molecule has 0 fully saturated rings. The average molecular weight is 335 g/mol. The summed E-state index contributed by atoms with van der Waals surface area (Å²) in [5.74, 6) is 0.675. The number of aromatic nitrogens is 1. The number of ether oxygens (including phenoxy) is 2. The summed E-state index contributed by atoms with van der Waals surface area (Å²) in [5, 5.41) is 1.15. The molecule has 128 valence electrons. The molecule has 0 saturated heterocycles. The summed E-state index contributed by atoms with van der Waals surface area (Å²) in [7, 11) is 0. The summed E-state index contributed by atoms with van der Waals surface area (Å²) in [6.07, 6.45) is 1.46. The summed E-state index contributed by atoms with van der Waals surface area (Å²) in [4.78, 5) is 15.5. The molecule has 1 unspecified atom stereocenters. The van der Waals surface area contributed by atoms with Gasteiger partial charge < -0.3 is 14.5 Å². The molecular formula is C21H21NO3. The van der Waals surface area contributed by atoms with Crippen LogP contribution in [0, 0.1) is 5.92 Å². The van der Waals surface area contributed by atoms with Crippen molar-refractivity contribution in [3.8, 4) is 5.75 Å². The van der Waals surface area contributed by atoms with Gasteiger partial charge in [-0.1, -0.05) is 30.3 Å². The molecule has 4 nitrogen and oxygen atoms in total. The number of carbonyl (C=O) groups is 1. The summed E-state index contributed by atoms with van der Waals surface area (Å²) in [5.41, 5.74) is 4.61. The molecule has 0 radical (unpaired) electrons. The monoisotopic (exact) mass is 335 g/mol. The van der Waals surface area contributed by atoms with Crippen LogP contribution in [0.15, 0.2) is 48.5 Å². The predicted octanol–water partition coefficient (Wildman–Crippen LogP) is 4.02. The van der Waals surface area contributed by atoms with Gasteiger partial charge in [0.25, 0.3) is 0 Å². The molecule has 1 atom stereocenters. The van der Waals surface area contributed by atoms with E-state index in [4.69, 9.17) is 9.47 Å². The maximum atomic E-state index is 12.0. The highest BCUT2D eigenvalue weighted by Gasteiger charge is 2.31. The Morgan fingerprint density at radius 3 is 2.80 bits per heavy atom. The predicted molar refractivity (Wildman–Crippen MR) is 96.6 cm³/mol. The molecule has 0 amide bonds. The summed E-state index contributed by atoms with van der Waals surface area (Å²) >= 11 is 0. The van der Waals surface area contributed by atoms with E-state index in [1.54, 1.807) is 0 Å². The SMILES string of the molecule is CCOC(=O)C1Cc2[nH]c3ccc(OCc4ccccc4)cc3c2C1. The van der Waals surface area contributed by atoms with Crippen LogP contribution in [0.3, 0.4) is 0 Å². The number of esters is 1. The number of aromatic amines is 1. The van der Waals surface area contributed by atoms with Crippen molar-refractivity contribution < 1.29 is 14.3 Å². The van der Waals surface area contributed by atoms with Gasteiger partial charge in [-0.2, -0.15) is 0 Å². The van der Waals surface area contributed by atoms with Crippen molar-refractivity contribution in [2.45, 2.75) is 26.4 Å². The minimum Gasteiger partial charge on any atom is -0.489 e. The fourth-order valence-corrected chi connectivity index (χ4v) is 3.51.